The summed E-state index contributed by atoms with van der Waals surface area (Å²) in [6.07, 6.45) is 3.43. The molecule has 0 aliphatic carbocycles. The Morgan fingerprint density at radius 1 is 1.40 bits per heavy atom. The lowest BCUT2D eigenvalue weighted by Crippen LogP contribution is -2.30. The van der Waals surface area contributed by atoms with Gasteiger partial charge in [-0.25, -0.2) is 5.43 Å². The first-order valence-electron chi connectivity index (χ1n) is 3.44. The second-order valence-corrected chi connectivity index (χ2v) is 4.12. The normalized spacial score (nSPS) is 23.9. The minimum atomic E-state index is -1.69. The molecular weight excluding hydrogens is 170 g/mol. The number of halogens is 1. The molecule has 0 aromatic heterocycles. The summed E-state index contributed by atoms with van der Waals surface area (Å²) < 4.78 is 12.3. The lowest BCUT2D eigenvalue weighted by Gasteiger charge is -2.03. The molecular formula is C5H11ClN2OP+. The van der Waals surface area contributed by atoms with Crippen molar-refractivity contribution in [3.63, 3.8) is 0 Å². The van der Waals surface area contributed by atoms with Crippen molar-refractivity contribution >= 4 is 18.5 Å². The summed E-state index contributed by atoms with van der Waals surface area (Å²) in [4.78, 5) is 0. The summed E-state index contributed by atoms with van der Waals surface area (Å²) in [7, 11) is -1.69. The van der Waals surface area contributed by atoms with E-state index in [0.717, 1.165) is 25.9 Å². The van der Waals surface area contributed by atoms with E-state index in [2.05, 4.69) is 5.43 Å². The summed E-state index contributed by atoms with van der Waals surface area (Å²) >= 11 is 5.40. The van der Waals surface area contributed by atoms with Crippen molar-refractivity contribution in [3.05, 3.63) is 0 Å². The molecule has 0 bridgehead atoms. The summed E-state index contributed by atoms with van der Waals surface area (Å²) in [5, 5.41) is 0. The Kier molecular flexibility index (Phi) is 3.57. The molecule has 1 saturated heterocycles. The molecule has 0 aromatic carbocycles. The summed E-state index contributed by atoms with van der Waals surface area (Å²) in [5.41, 5.74) is 3.00. The van der Waals surface area contributed by atoms with Gasteiger partial charge in [-0.2, -0.15) is 0 Å². The third-order valence-corrected chi connectivity index (χ3v) is 2.80. The van der Waals surface area contributed by atoms with Crippen LogP contribution in [0.5, 0.6) is 0 Å². The minimum absolute atomic E-state index is 0.804. The van der Waals surface area contributed by atoms with E-state index in [9.17, 15) is 4.57 Å². The lowest BCUT2D eigenvalue weighted by molar-refractivity contribution is 0.351. The molecule has 0 saturated carbocycles. The molecule has 1 aliphatic heterocycles. The fourth-order valence-corrected chi connectivity index (χ4v) is 1.88. The number of hydrazine groups is 1. The third-order valence-electron chi connectivity index (χ3n) is 1.53. The Morgan fingerprint density at radius 2 is 2.20 bits per heavy atom. The van der Waals surface area contributed by atoms with Crippen molar-refractivity contribution in [2.45, 2.75) is 19.3 Å². The van der Waals surface area contributed by atoms with Crippen LogP contribution in [0.25, 0.3) is 0 Å². The fraction of sp³-hybridized carbons (Fsp3) is 1.00. The van der Waals surface area contributed by atoms with Gasteiger partial charge in [-0.1, -0.05) is 6.42 Å². The van der Waals surface area contributed by atoms with Crippen molar-refractivity contribution in [1.82, 2.24) is 10.2 Å². The Balaban J connectivity index is 2.35. The largest absolute Gasteiger partial charge is 0.571 e. The maximum absolute atomic E-state index is 10.7. The van der Waals surface area contributed by atoms with Crippen molar-refractivity contribution in [1.29, 1.82) is 0 Å². The van der Waals surface area contributed by atoms with Crippen LogP contribution in [0.1, 0.15) is 19.3 Å². The number of rotatable bonds is 1. The zero-order chi connectivity index (χ0) is 7.40. The van der Waals surface area contributed by atoms with Crippen LogP contribution in [-0.2, 0) is 4.57 Å². The first-order chi connectivity index (χ1) is 4.80. The monoisotopic (exact) mass is 181 g/mol. The lowest BCUT2D eigenvalue weighted by atomic mass is 10.2. The van der Waals surface area contributed by atoms with Crippen LogP contribution in [-0.4, -0.2) is 17.9 Å². The van der Waals surface area contributed by atoms with Crippen LogP contribution in [0, 0.1) is 0 Å². The Labute approximate surface area is 66.3 Å². The molecule has 1 atom stereocenters. The predicted molar refractivity (Wildman–Crippen MR) is 42.0 cm³/mol. The van der Waals surface area contributed by atoms with E-state index in [-0.39, 0.29) is 0 Å². The topological polar surface area (TPSA) is 32.3 Å². The van der Waals surface area contributed by atoms with E-state index in [1.807, 2.05) is 0 Å². The van der Waals surface area contributed by atoms with Gasteiger partial charge in [0.1, 0.15) is 0 Å². The van der Waals surface area contributed by atoms with Gasteiger partial charge in [0.2, 0.25) is 11.2 Å². The highest BCUT2D eigenvalue weighted by molar-refractivity contribution is 7.71. The van der Waals surface area contributed by atoms with E-state index in [0.29, 0.717) is 0 Å². The number of hydrogen-bond acceptors (Lipinski definition) is 2. The molecule has 1 rings (SSSR count). The quantitative estimate of drug-likeness (QED) is 0.627. The molecule has 0 aromatic rings. The molecule has 58 valence electrons. The number of nitrogens with one attached hydrogen (secondary N) is 1. The second-order valence-electron chi connectivity index (χ2n) is 2.32. The molecule has 3 nitrogen and oxygen atoms in total. The summed E-state index contributed by atoms with van der Waals surface area (Å²) in [6.45, 7) is 1.70. The zero-order valence-electron chi connectivity index (χ0n) is 5.72. The zero-order valence-corrected chi connectivity index (χ0v) is 7.37. The van der Waals surface area contributed by atoms with Gasteiger partial charge in [0.15, 0.2) is 0 Å². The maximum atomic E-state index is 10.7. The maximum Gasteiger partial charge on any atom is 0.571 e. The highest BCUT2D eigenvalue weighted by Crippen LogP contribution is 2.31. The van der Waals surface area contributed by atoms with Gasteiger partial charge in [-0.3, -0.25) is 0 Å². The van der Waals surface area contributed by atoms with Gasteiger partial charge in [0.25, 0.3) is 0 Å². The summed E-state index contributed by atoms with van der Waals surface area (Å²) in [5.74, 6) is 0. The average molecular weight is 182 g/mol. The number of hydrogen-bond donors (Lipinski definition) is 1. The van der Waals surface area contributed by atoms with E-state index in [1.165, 1.54) is 6.42 Å². The molecule has 1 fully saturated rings. The number of nitrogens with zero attached hydrogens (tertiary/aromatic N) is 1. The molecule has 1 heterocycles. The van der Waals surface area contributed by atoms with E-state index < -0.39 is 7.30 Å². The molecule has 1 aliphatic rings. The van der Waals surface area contributed by atoms with Gasteiger partial charge >= 0.3 is 7.30 Å². The van der Waals surface area contributed by atoms with Gasteiger partial charge < -0.3 is 0 Å². The Hall–Kier alpha value is 0.310. The highest BCUT2D eigenvalue weighted by Gasteiger charge is 2.25. The molecule has 0 spiro atoms. The molecule has 5 heteroatoms. The SMILES string of the molecule is O=[P+](Cl)N1CCCCCN1. The summed E-state index contributed by atoms with van der Waals surface area (Å²) in [6, 6.07) is 0. The molecule has 1 N–H and O–H groups in total. The molecule has 0 radical (unpaired) electrons. The Morgan fingerprint density at radius 3 is 2.90 bits per heavy atom. The fourth-order valence-electron chi connectivity index (χ4n) is 0.985. The first kappa shape index (κ1) is 8.41. The van der Waals surface area contributed by atoms with Gasteiger partial charge in [0, 0.05) is 6.54 Å². The smallest absolute Gasteiger partial charge is 0.213 e. The van der Waals surface area contributed by atoms with Crippen LogP contribution in [0.15, 0.2) is 0 Å². The van der Waals surface area contributed by atoms with Crippen molar-refractivity contribution < 1.29 is 4.57 Å². The van der Waals surface area contributed by atoms with Crippen molar-refractivity contribution in [3.8, 4) is 0 Å². The molecule has 10 heavy (non-hydrogen) atoms. The van der Waals surface area contributed by atoms with Crippen LogP contribution in [0.2, 0.25) is 0 Å². The van der Waals surface area contributed by atoms with E-state index in [1.54, 1.807) is 4.78 Å². The average Bonchev–Trinajstić information content (AvgIpc) is 2.12. The van der Waals surface area contributed by atoms with Crippen LogP contribution in [0.4, 0.5) is 0 Å². The first-order valence-corrected chi connectivity index (χ1v) is 5.56. The second kappa shape index (κ2) is 4.24. The van der Waals surface area contributed by atoms with Crippen LogP contribution in [0.3, 0.4) is 0 Å². The van der Waals surface area contributed by atoms with Crippen molar-refractivity contribution in [2.75, 3.05) is 13.1 Å². The van der Waals surface area contributed by atoms with Crippen LogP contribution >= 0.6 is 18.5 Å². The molecule has 0 amide bonds. The van der Waals surface area contributed by atoms with Gasteiger partial charge in [-0.15, -0.1) is 0 Å². The minimum Gasteiger partial charge on any atom is -0.213 e. The van der Waals surface area contributed by atoms with E-state index >= 15 is 0 Å². The third kappa shape index (κ3) is 2.51. The highest BCUT2D eigenvalue weighted by atomic mass is 35.7. The van der Waals surface area contributed by atoms with Crippen molar-refractivity contribution in [2.24, 2.45) is 0 Å². The Bertz CT molecular complexity index is 125. The van der Waals surface area contributed by atoms with Gasteiger partial charge in [-0.05, 0) is 22.2 Å². The van der Waals surface area contributed by atoms with E-state index in [4.69, 9.17) is 11.2 Å². The molecule has 1 unspecified atom stereocenters. The van der Waals surface area contributed by atoms with Crippen LogP contribution < -0.4 is 5.43 Å². The van der Waals surface area contributed by atoms with Gasteiger partial charge in [0.05, 0.1) is 6.54 Å². The standard InChI is InChI=1S/C5H11ClN2OP/c6-10(9)8-5-3-1-2-4-7-8/h7H,1-5H2/q+1. The predicted octanol–water partition coefficient (Wildman–Crippen LogP) is 1.87.